The molecule has 0 saturated carbocycles. The van der Waals surface area contributed by atoms with E-state index in [2.05, 4.69) is 47.4 Å². The standard InChI is InChI=1S/C52H87N9O16/c1-5-28(2)24-29(3)12-10-8-6-7-9-11-13-39(68)55-34-26-38(67)50(77-23-21-54)59-49(74)43-37(66)19-22-60(43)52(76)41(36(65)18-20-53)57-48(73)42(45(70)44(69)31-14-16-32(63)17-15-31)58-47(72)35-25-33(64)27-61(35)51(75)40(30(4)62)56-46(34)71/h14-17,28-30,33-38,40-45,50,62-67,69-70H,5-13,18-27,53-54H2,1-4H3,(H,55,68)(H,56,71)(H,57,73)(H,58,72)(H,59,74)/t28?,29?,30-,33+,34-,35-,36-,37-,38-,40-,41-,42-,43-,44-,45-,50+/m0/s1. The van der Waals surface area contributed by atoms with Gasteiger partial charge < -0.3 is 93.4 Å². The maximum absolute atomic E-state index is 14.6. The van der Waals surface area contributed by atoms with Crippen LogP contribution in [-0.4, -0.2) is 204 Å². The lowest BCUT2D eigenvalue weighted by molar-refractivity contribution is -0.149. The molecule has 0 aliphatic carbocycles. The molecular weight excluding hydrogens is 1010 g/mol. The van der Waals surface area contributed by atoms with Crippen LogP contribution in [-0.2, 0) is 38.3 Å². The molecular formula is C52H87N9O16. The third kappa shape index (κ3) is 18.8. The zero-order valence-corrected chi connectivity index (χ0v) is 44.9. The monoisotopic (exact) mass is 1090 g/mol. The summed E-state index contributed by atoms with van der Waals surface area (Å²) in [7, 11) is 0. The van der Waals surface area contributed by atoms with Crippen LogP contribution in [0.3, 0.4) is 0 Å². The van der Waals surface area contributed by atoms with Crippen molar-refractivity contribution >= 4 is 41.4 Å². The van der Waals surface area contributed by atoms with E-state index in [1.54, 1.807) is 0 Å². The first kappa shape index (κ1) is 64.4. The number of benzene rings is 1. The SMILES string of the molecule is CCC(C)CC(C)CCCCCCCCC(=O)N[C@H]1C[C@H](O)[C@@H](OCCN)NC(=O)[C@@H]2[C@@H](O)CCN2C(=O)[C@H]([C@@H](O)CCN)NC(=O)[C@H]([C@H](O)[C@@H](O)c2ccc(O)cc2)NC(=O)[C@@H]2C[C@@H](O)CN2C(=O)[C@H]([C@H](C)O)NC1=O. The minimum absolute atomic E-state index is 0.0414. The van der Waals surface area contributed by atoms with E-state index in [9.17, 15) is 74.4 Å². The van der Waals surface area contributed by atoms with E-state index < -0.39 is 146 Å². The Labute approximate surface area is 450 Å². The number of amides is 7. The first-order valence-corrected chi connectivity index (χ1v) is 27.2. The third-order valence-electron chi connectivity index (χ3n) is 14.8. The molecule has 77 heavy (non-hydrogen) atoms. The van der Waals surface area contributed by atoms with Crippen LogP contribution in [0.2, 0.25) is 0 Å². The highest BCUT2D eigenvalue weighted by Gasteiger charge is 2.49. The predicted octanol–water partition coefficient (Wildman–Crippen LogP) is -2.88. The van der Waals surface area contributed by atoms with E-state index in [0.29, 0.717) is 24.7 Å². The highest BCUT2D eigenvalue weighted by molar-refractivity contribution is 5.98. The molecule has 25 nitrogen and oxygen atoms in total. The van der Waals surface area contributed by atoms with E-state index in [-0.39, 0.29) is 56.8 Å². The van der Waals surface area contributed by atoms with Crippen molar-refractivity contribution in [1.82, 2.24) is 36.4 Å². The average molecular weight is 1090 g/mol. The Hall–Kier alpha value is -5.09. The molecule has 0 aromatic heterocycles. The second-order valence-corrected chi connectivity index (χ2v) is 21.1. The summed E-state index contributed by atoms with van der Waals surface area (Å²) in [6.45, 7) is 6.32. The summed E-state index contributed by atoms with van der Waals surface area (Å²) in [5.41, 5.74) is 11.4. The molecule has 0 radical (unpaired) electrons. The Kier molecular flexibility index (Phi) is 26.4. The van der Waals surface area contributed by atoms with Gasteiger partial charge in [0.05, 0.1) is 31.0 Å². The molecule has 3 aliphatic rings. The van der Waals surface area contributed by atoms with Crippen molar-refractivity contribution < 1.29 is 79.2 Å². The molecule has 25 heteroatoms. The second kappa shape index (κ2) is 31.5. The molecule has 7 amide bonds. The fourth-order valence-corrected chi connectivity index (χ4v) is 10.1. The van der Waals surface area contributed by atoms with Crippen molar-refractivity contribution in [2.75, 3.05) is 32.8 Å². The van der Waals surface area contributed by atoms with Gasteiger partial charge in [-0.25, -0.2) is 0 Å². The molecule has 3 aliphatic heterocycles. The van der Waals surface area contributed by atoms with Crippen LogP contribution in [0.25, 0.3) is 0 Å². The van der Waals surface area contributed by atoms with Gasteiger partial charge in [-0.2, -0.15) is 0 Å². The van der Waals surface area contributed by atoms with Gasteiger partial charge in [-0.3, -0.25) is 33.6 Å². The summed E-state index contributed by atoms with van der Waals surface area (Å²) in [5.74, 6) is -6.60. The molecule has 3 fully saturated rings. The van der Waals surface area contributed by atoms with Crippen LogP contribution in [0.4, 0.5) is 0 Å². The summed E-state index contributed by atoms with van der Waals surface area (Å²) >= 11 is 0. The molecule has 3 heterocycles. The van der Waals surface area contributed by atoms with Crippen LogP contribution in [0.1, 0.15) is 129 Å². The third-order valence-corrected chi connectivity index (χ3v) is 14.8. The predicted molar refractivity (Wildman–Crippen MR) is 278 cm³/mol. The van der Waals surface area contributed by atoms with Gasteiger partial charge in [-0.05, 0) is 68.7 Å². The van der Waals surface area contributed by atoms with Gasteiger partial charge in [0.25, 0.3) is 0 Å². The summed E-state index contributed by atoms with van der Waals surface area (Å²) in [6.07, 6.45) is -7.55. The Bertz CT molecular complexity index is 2070. The molecule has 1 aromatic rings. The number of fused-ring (bicyclic) bond motifs is 2. The lowest BCUT2D eigenvalue weighted by Gasteiger charge is -2.35. The molecule has 1 aromatic carbocycles. The quantitative estimate of drug-likeness (QED) is 0.0489. The van der Waals surface area contributed by atoms with Gasteiger partial charge in [-0.1, -0.05) is 77.8 Å². The van der Waals surface area contributed by atoms with Crippen molar-refractivity contribution in [3.05, 3.63) is 29.8 Å². The lowest BCUT2D eigenvalue weighted by Crippen LogP contribution is -2.64. The average Bonchev–Trinajstić information content (AvgIpc) is 3.99. The maximum Gasteiger partial charge on any atom is 0.248 e. The number of carbonyl (C=O) groups is 7. The van der Waals surface area contributed by atoms with E-state index >= 15 is 0 Å². The van der Waals surface area contributed by atoms with Gasteiger partial charge in [0.1, 0.15) is 60.3 Å². The second-order valence-electron chi connectivity index (χ2n) is 21.1. The highest BCUT2D eigenvalue weighted by atomic mass is 16.5. The van der Waals surface area contributed by atoms with Gasteiger partial charge in [0.2, 0.25) is 41.4 Å². The number of aromatic hydroxyl groups is 1. The van der Waals surface area contributed by atoms with Crippen LogP contribution >= 0.6 is 0 Å². The molecule has 2 unspecified atom stereocenters. The smallest absolute Gasteiger partial charge is 0.248 e. The Morgan fingerprint density at radius 2 is 1.35 bits per heavy atom. The number of rotatable bonds is 23. The number of aliphatic hydroxyl groups is 7. The minimum atomic E-state index is -2.29. The molecule has 0 spiro atoms. The Morgan fingerprint density at radius 1 is 0.727 bits per heavy atom. The first-order valence-electron chi connectivity index (χ1n) is 27.2. The molecule has 436 valence electrons. The van der Waals surface area contributed by atoms with Crippen LogP contribution in [0, 0.1) is 11.8 Å². The Morgan fingerprint density at radius 3 is 1.99 bits per heavy atom. The first-order chi connectivity index (χ1) is 36.5. The zero-order valence-electron chi connectivity index (χ0n) is 44.9. The van der Waals surface area contributed by atoms with Gasteiger partial charge in [0.15, 0.2) is 6.23 Å². The van der Waals surface area contributed by atoms with Crippen LogP contribution in [0.5, 0.6) is 5.75 Å². The van der Waals surface area contributed by atoms with Crippen LogP contribution in [0.15, 0.2) is 24.3 Å². The number of aliphatic hydroxyl groups excluding tert-OH is 7. The fraction of sp³-hybridized carbons (Fsp3) is 0.750. The molecule has 4 rings (SSSR count). The number of carbonyl (C=O) groups excluding carboxylic acids is 7. The number of nitrogens with two attached hydrogens (primary N) is 2. The summed E-state index contributed by atoms with van der Waals surface area (Å²) in [5, 5.41) is 101. The minimum Gasteiger partial charge on any atom is -0.508 e. The lowest BCUT2D eigenvalue weighted by atomic mass is 9.91. The molecule has 3 saturated heterocycles. The highest BCUT2D eigenvalue weighted by Crippen LogP contribution is 2.27. The van der Waals surface area contributed by atoms with Crippen molar-refractivity contribution in [1.29, 1.82) is 0 Å². The number of phenolic OH excluding ortho intramolecular Hbond substituents is 1. The van der Waals surface area contributed by atoms with Crippen molar-refractivity contribution in [2.24, 2.45) is 23.3 Å². The maximum atomic E-state index is 14.6. The summed E-state index contributed by atoms with van der Waals surface area (Å²) in [6, 6.07) is -6.54. The van der Waals surface area contributed by atoms with Crippen molar-refractivity contribution in [3.8, 4) is 5.75 Å². The number of unbranched alkanes of at least 4 members (excludes halogenated alkanes) is 5. The number of hydrogen-bond acceptors (Lipinski definition) is 18. The normalized spacial score (nSPS) is 28.6. The van der Waals surface area contributed by atoms with E-state index in [0.717, 1.165) is 55.2 Å². The number of phenols is 1. The largest absolute Gasteiger partial charge is 0.508 e. The fourth-order valence-electron chi connectivity index (χ4n) is 10.1. The molecule has 0 bridgehead atoms. The van der Waals surface area contributed by atoms with Gasteiger partial charge >= 0.3 is 0 Å². The van der Waals surface area contributed by atoms with Crippen molar-refractivity contribution in [3.63, 3.8) is 0 Å². The summed E-state index contributed by atoms with van der Waals surface area (Å²) in [4.78, 5) is 102. The van der Waals surface area contributed by atoms with E-state index in [4.69, 9.17) is 16.2 Å². The van der Waals surface area contributed by atoms with E-state index in [1.165, 1.54) is 30.7 Å². The topological polar surface area (TPSA) is 409 Å². The summed E-state index contributed by atoms with van der Waals surface area (Å²) < 4.78 is 5.73. The number of ether oxygens (including phenoxy) is 1. The molecule has 17 N–H and O–H groups in total. The number of nitrogens with one attached hydrogen (secondary N) is 5. The number of nitrogens with zero attached hydrogens (tertiary/aromatic N) is 2. The van der Waals surface area contributed by atoms with Crippen molar-refractivity contribution in [2.45, 2.75) is 203 Å². The molecule has 16 atom stereocenters. The van der Waals surface area contributed by atoms with E-state index in [1.807, 2.05) is 0 Å². The zero-order chi connectivity index (χ0) is 57.1. The van der Waals surface area contributed by atoms with Crippen LogP contribution < -0.4 is 38.1 Å². The van der Waals surface area contributed by atoms with Gasteiger partial charge in [0, 0.05) is 38.9 Å². The van der Waals surface area contributed by atoms with Gasteiger partial charge in [-0.15, -0.1) is 0 Å². The Balaban J connectivity index is 1.73. The number of hydrogen-bond donors (Lipinski definition) is 15.